The predicted molar refractivity (Wildman–Crippen MR) is 91.2 cm³/mol. The largest absolute Gasteiger partial charge is 0.379 e. The molecule has 4 rings (SSSR count). The van der Waals surface area contributed by atoms with Crippen LogP contribution < -0.4 is 0 Å². The van der Waals surface area contributed by atoms with Crippen molar-refractivity contribution in [2.75, 3.05) is 26.3 Å². The minimum atomic E-state index is -1.06. The van der Waals surface area contributed by atoms with E-state index in [-0.39, 0.29) is 0 Å². The summed E-state index contributed by atoms with van der Waals surface area (Å²) in [6.45, 7) is 6.66. The summed E-state index contributed by atoms with van der Waals surface area (Å²) in [5.74, 6) is 0. The molecule has 0 saturated carbocycles. The first kappa shape index (κ1) is 15.1. The molecule has 0 spiro atoms. The maximum absolute atomic E-state index is 12.9. The molecule has 1 unspecified atom stereocenters. The maximum atomic E-state index is 12.9. The third kappa shape index (κ3) is 2.75. The van der Waals surface area contributed by atoms with Crippen molar-refractivity contribution in [1.29, 1.82) is 0 Å². The molecular formula is C19H21NO2S. The summed E-state index contributed by atoms with van der Waals surface area (Å²) in [5.41, 5.74) is 5.12. The fourth-order valence-electron chi connectivity index (χ4n) is 3.50. The van der Waals surface area contributed by atoms with Gasteiger partial charge in [-0.15, -0.1) is 0 Å². The third-order valence-electron chi connectivity index (χ3n) is 4.85. The molecule has 2 aliphatic heterocycles. The molecule has 1 atom stereocenters. The molecule has 2 heterocycles. The second kappa shape index (κ2) is 6.19. The highest BCUT2D eigenvalue weighted by atomic mass is 32.2. The number of hydrogen-bond acceptors (Lipinski definition) is 3. The van der Waals surface area contributed by atoms with Crippen molar-refractivity contribution in [2.45, 2.75) is 29.7 Å². The van der Waals surface area contributed by atoms with Gasteiger partial charge in [-0.1, -0.05) is 24.3 Å². The van der Waals surface area contributed by atoms with E-state index in [1.165, 1.54) is 22.3 Å². The standard InChI is InChI=1S/C19H21NO2S/c1-14-6-7-19-16(17(14)13-20-8-10-22-11-9-20)12-15-4-2-3-5-18(15)23(19)21/h2-7H,8-13H2,1H3. The first-order chi connectivity index (χ1) is 11.2. The van der Waals surface area contributed by atoms with Crippen LogP contribution in [0.25, 0.3) is 0 Å². The average molecular weight is 327 g/mol. The van der Waals surface area contributed by atoms with Gasteiger partial charge in [-0.2, -0.15) is 0 Å². The molecule has 1 saturated heterocycles. The van der Waals surface area contributed by atoms with Crippen molar-refractivity contribution in [2.24, 2.45) is 0 Å². The Morgan fingerprint density at radius 1 is 1.09 bits per heavy atom. The Morgan fingerprint density at radius 3 is 2.70 bits per heavy atom. The van der Waals surface area contributed by atoms with Crippen molar-refractivity contribution >= 4 is 10.8 Å². The molecule has 2 aromatic carbocycles. The summed E-state index contributed by atoms with van der Waals surface area (Å²) in [6, 6.07) is 12.3. The molecule has 23 heavy (non-hydrogen) atoms. The van der Waals surface area contributed by atoms with Gasteiger partial charge in [-0.05, 0) is 41.3 Å². The second-order valence-electron chi connectivity index (χ2n) is 6.28. The fraction of sp³-hybridized carbons (Fsp3) is 0.368. The van der Waals surface area contributed by atoms with E-state index in [4.69, 9.17) is 4.74 Å². The molecule has 3 nitrogen and oxygen atoms in total. The van der Waals surface area contributed by atoms with Crippen LogP contribution in [-0.4, -0.2) is 35.4 Å². The van der Waals surface area contributed by atoms with Crippen LogP contribution in [0, 0.1) is 6.92 Å². The van der Waals surface area contributed by atoms with Gasteiger partial charge in [-0.25, -0.2) is 4.21 Å². The minimum absolute atomic E-state index is 0.808. The van der Waals surface area contributed by atoms with Crippen molar-refractivity contribution < 1.29 is 8.95 Å². The topological polar surface area (TPSA) is 29.5 Å². The van der Waals surface area contributed by atoms with Gasteiger partial charge in [0.2, 0.25) is 0 Å². The molecule has 0 N–H and O–H groups in total. The molecule has 0 radical (unpaired) electrons. The van der Waals surface area contributed by atoms with Crippen LogP contribution in [0.5, 0.6) is 0 Å². The van der Waals surface area contributed by atoms with Gasteiger partial charge in [-0.3, -0.25) is 4.90 Å². The van der Waals surface area contributed by atoms with Crippen molar-refractivity contribution in [3.05, 3.63) is 58.7 Å². The quantitative estimate of drug-likeness (QED) is 0.725. The van der Waals surface area contributed by atoms with E-state index in [9.17, 15) is 4.21 Å². The number of aryl methyl sites for hydroxylation is 1. The molecule has 4 heteroatoms. The lowest BCUT2D eigenvalue weighted by Gasteiger charge is -2.30. The molecule has 0 aromatic heterocycles. The van der Waals surface area contributed by atoms with Gasteiger partial charge in [0.15, 0.2) is 0 Å². The number of benzene rings is 2. The van der Waals surface area contributed by atoms with Crippen LogP contribution in [0.15, 0.2) is 46.2 Å². The fourth-order valence-corrected chi connectivity index (χ4v) is 4.93. The van der Waals surface area contributed by atoms with Gasteiger partial charge in [0.25, 0.3) is 0 Å². The minimum Gasteiger partial charge on any atom is -0.379 e. The lowest BCUT2D eigenvalue weighted by atomic mass is 9.95. The van der Waals surface area contributed by atoms with Crippen LogP contribution in [0.1, 0.15) is 22.3 Å². The summed E-state index contributed by atoms with van der Waals surface area (Å²) in [4.78, 5) is 4.41. The van der Waals surface area contributed by atoms with Crippen LogP contribution in [0.2, 0.25) is 0 Å². The maximum Gasteiger partial charge on any atom is 0.0855 e. The Bertz CT molecular complexity index is 766. The lowest BCUT2D eigenvalue weighted by molar-refractivity contribution is 0.0339. The van der Waals surface area contributed by atoms with Gasteiger partial charge < -0.3 is 4.74 Å². The Morgan fingerprint density at radius 2 is 1.87 bits per heavy atom. The highest BCUT2D eigenvalue weighted by Gasteiger charge is 2.25. The molecule has 0 aliphatic carbocycles. The highest BCUT2D eigenvalue weighted by Crippen LogP contribution is 2.35. The summed E-state index contributed by atoms with van der Waals surface area (Å²) < 4.78 is 18.4. The van der Waals surface area contributed by atoms with Crippen LogP contribution in [0.3, 0.4) is 0 Å². The number of ether oxygens (including phenoxy) is 1. The first-order valence-corrected chi connectivity index (χ1v) is 9.30. The van der Waals surface area contributed by atoms with Gasteiger partial charge in [0.05, 0.1) is 24.0 Å². The van der Waals surface area contributed by atoms with Gasteiger partial charge >= 0.3 is 0 Å². The predicted octanol–water partition coefficient (Wildman–Crippen LogP) is 2.90. The number of morpholine rings is 1. The average Bonchev–Trinajstić information content (AvgIpc) is 2.59. The summed E-state index contributed by atoms with van der Waals surface area (Å²) >= 11 is 0. The lowest BCUT2D eigenvalue weighted by Crippen LogP contribution is -2.36. The van der Waals surface area contributed by atoms with Crippen molar-refractivity contribution in [3.63, 3.8) is 0 Å². The SMILES string of the molecule is Cc1ccc2c(c1CN1CCOCC1)Cc1ccccc1S2=O. The second-order valence-corrected chi connectivity index (χ2v) is 7.70. The van der Waals surface area contributed by atoms with E-state index in [0.29, 0.717) is 0 Å². The Labute approximate surface area is 139 Å². The third-order valence-corrected chi connectivity index (χ3v) is 6.43. The summed E-state index contributed by atoms with van der Waals surface area (Å²) in [5, 5.41) is 0. The van der Waals surface area contributed by atoms with Crippen LogP contribution >= 0.6 is 0 Å². The van der Waals surface area contributed by atoms with E-state index in [1.807, 2.05) is 18.2 Å². The summed E-state index contributed by atoms with van der Waals surface area (Å²) in [6.07, 6.45) is 0.888. The van der Waals surface area contributed by atoms with E-state index >= 15 is 0 Å². The Balaban J connectivity index is 1.74. The Kier molecular flexibility index (Phi) is 4.05. The Hall–Kier alpha value is -1.49. The number of hydrogen-bond donors (Lipinski definition) is 0. The summed E-state index contributed by atoms with van der Waals surface area (Å²) in [7, 11) is -1.06. The highest BCUT2D eigenvalue weighted by molar-refractivity contribution is 7.85. The molecule has 120 valence electrons. The molecule has 2 aromatic rings. The van der Waals surface area contributed by atoms with E-state index in [0.717, 1.165) is 49.1 Å². The first-order valence-electron chi connectivity index (χ1n) is 8.15. The molecule has 0 bridgehead atoms. The zero-order valence-electron chi connectivity index (χ0n) is 13.4. The van der Waals surface area contributed by atoms with Crippen LogP contribution in [-0.2, 0) is 28.5 Å². The van der Waals surface area contributed by atoms with Gasteiger partial charge in [0.1, 0.15) is 0 Å². The molecule has 2 aliphatic rings. The molecular weight excluding hydrogens is 306 g/mol. The number of nitrogens with zero attached hydrogens (tertiary/aromatic N) is 1. The van der Waals surface area contributed by atoms with E-state index < -0.39 is 10.8 Å². The van der Waals surface area contributed by atoms with E-state index in [1.54, 1.807) is 0 Å². The zero-order chi connectivity index (χ0) is 15.8. The van der Waals surface area contributed by atoms with E-state index in [2.05, 4.69) is 30.0 Å². The number of fused-ring (bicyclic) bond motifs is 2. The molecule has 0 amide bonds. The normalized spacial score (nSPS) is 20.8. The smallest absolute Gasteiger partial charge is 0.0855 e. The van der Waals surface area contributed by atoms with Crippen LogP contribution in [0.4, 0.5) is 0 Å². The van der Waals surface area contributed by atoms with Crippen molar-refractivity contribution in [1.82, 2.24) is 4.90 Å². The van der Waals surface area contributed by atoms with Crippen molar-refractivity contribution in [3.8, 4) is 0 Å². The van der Waals surface area contributed by atoms with Gasteiger partial charge in [0, 0.05) is 35.8 Å². The molecule has 1 fully saturated rings. The zero-order valence-corrected chi connectivity index (χ0v) is 14.2. The monoisotopic (exact) mass is 327 g/mol. The number of rotatable bonds is 2.